The largest absolute Gasteiger partial charge is 0.462 e. The molecule has 1 aliphatic heterocycles. The second kappa shape index (κ2) is 39.7. The van der Waals surface area contributed by atoms with Gasteiger partial charge in [-0.15, -0.1) is 0 Å². The summed E-state index contributed by atoms with van der Waals surface area (Å²) in [6.07, 6.45) is 40.1. The van der Waals surface area contributed by atoms with Crippen LogP contribution < -0.4 is 0 Å². The maximum Gasteiger partial charge on any atom is 0.306 e. The van der Waals surface area contributed by atoms with Gasteiger partial charge in [0.2, 0.25) is 0 Å². The quantitative estimate of drug-likeness (QED) is 0.0198. The molecule has 0 bridgehead atoms. The molecule has 12 nitrogen and oxygen atoms in total. The first-order valence-electron chi connectivity index (χ1n) is 24.4. The van der Waals surface area contributed by atoms with Crippen molar-refractivity contribution in [3.63, 3.8) is 0 Å². The fourth-order valence-electron chi connectivity index (χ4n) is 7.24. The number of aliphatic hydroxyl groups excluding tert-OH is 3. The van der Waals surface area contributed by atoms with Crippen LogP contribution in [0.25, 0.3) is 0 Å². The lowest BCUT2D eigenvalue weighted by Crippen LogP contribution is -2.60. The Bertz CT molecular complexity index is 1390. The minimum atomic E-state index is -4.61. The summed E-state index contributed by atoms with van der Waals surface area (Å²) in [5, 5.41) is 30.9. The number of allylic oxidation sites excluding steroid dienone is 10. The van der Waals surface area contributed by atoms with E-state index in [4.69, 9.17) is 18.9 Å². The molecule has 6 atom stereocenters. The molecular formula is C50H86O12S. The highest BCUT2D eigenvalue weighted by atomic mass is 32.2. The summed E-state index contributed by atoms with van der Waals surface area (Å²) in [5.41, 5.74) is 0. The van der Waals surface area contributed by atoms with E-state index in [9.17, 15) is 37.9 Å². The summed E-state index contributed by atoms with van der Waals surface area (Å²) in [6.45, 7) is 3.57. The van der Waals surface area contributed by atoms with Gasteiger partial charge in [-0.2, -0.15) is 8.42 Å². The molecule has 0 spiro atoms. The van der Waals surface area contributed by atoms with Gasteiger partial charge >= 0.3 is 11.9 Å². The van der Waals surface area contributed by atoms with Crippen LogP contribution in [0.3, 0.4) is 0 Å². The summed E-state index contributed by atoms with van der Waals surface area (Å²) >= 11 is 0. The van der Waals surface area contributed by atoms with Crippen LogP contribution in [0, 0.1) is 0 Å². The van der Waals surface area contributed by atoms with Crippen LogP contribution in [0.2, 0.25) is 0 Å². The van der Waals surface area contributed by atoms with Gasteiger partial charge in [-0.1, -0.05) is 209 Å². The molecule has 63 heavy (non-hydrogen) atoms. The lowest BCUT2D eigenvalue weighted by molar-refractivity contribution is -0.297. The van der Waals surface area contributed by atoms with E-state index in [0.717, 1.165) is 25.7 Å². The van der Waals surface area contributed by atoms with Crippen LogP contribution >= 0.6 is 0 Å². The smallest absolute Gasteiger partial charge is 0.306 e. The predicted molar refractivity (Wildman–Crippen MR) is 252 cm³/mol. The fourth-order valence-corrected chi connectivity index (χ4v) is 7.93. The normalized spacial score (nSPS) is 20.3. The monoisotopic (exact) mass is 911 g/mol. The van der Waals surface area contributed by atoms with E-state index in [2.05, 4.69) is 19.9 Å². The lowest BCUT2D eigenvalue weighted by atomic mass is 10.00. The number of hydrogen-bond acceptors (Lipinski definition) is 11. The molecule has 3 unspecified atom stereocenters. The standard InChI is InChI=1S/C50H86O12S/c1-3-5-7-9-11-13-15-17-18-19-20-21-22-23-24-25-27-28-30-32-34-36-38-45(51)59-40-43(41-60-50-49(55)48(54)47(53)44(62-50)42-63(56,57)58)61-46(52)39-37-35-33-31-29-26-16-14-12-10-8-6-4-2/h6,8,10,12,14,16,26,29,31,33,43-44,47-50,53-55H,3-5,7,9,11,13,15,17-25,27-28,30,32,34-42H2,1-2H3,(H,56,57,58)/b8-6+,12-10+,16-14+,29-26+,33-31+/t43?,44-,47-,48?,49?,50+/m1/s1. The van der Waals surface area contributed by atoms with E-state index >= 15 is 0 Å². The van der Waals surface area contributed by atoms with Gasteiger partial charge in [-0.3, -0.25) is 14.1 Å². The zero-order valence-corrected chi connectivity index (χ0v) is 39.7. The number of unbranched alkanes of at least 4 members (excludes halogenated alkanes) is 22. The Morgan fingerprint density at radius 3 is 1.48 bits per heavy atom. The molecule has 0 saturated carbocycles. The minimum absolute atomic E-state index is 0.0673. The molecule has 0 aromatic rings. The molecule has 1 rings (SSSR count). The molecule has 0 aliphatic carbocycles. The third-order valence-electron chi connectivity index (χ3n) is 11.0. The van der Waals surface area contributed by atoms with Crippen molar-refractivity contribution in [2.75, 3.05) is 19.0 Å². The number of hydrogen-bond donors (Lipinski definition) is 4. The SMILES string of the molecule is CC/C=C/C=C/C=C/C=C/C=C/CCCC(=O)OC(COC(=O)CCCCCCCCCCCCCCCCCCCCCCCC)CO[C@H]1O[C@H](CS(=O)(=O)O)[C@@H](O)C(O)C1O. The van der Waals surface area contributed by atoms with E-state index in [0.29, 0.717) is 19.3 Å². The summed E-state index contributed by atoms with van der Waals surface area (Å²) in [6, 6.07) is 0. The summed E-state index contributed by atoms with van der Waals surface area (Å²) < 4.78 is 54.0. The highest BCUT2D eigenvalue weighted by Crippen LogP contribution is 2.24. The Kier molecular flexibility index (Phi) is 36.8. The molecular weight excluding hydrogens is 825 g/mol. The van der Waals surface area contributed by atoms with Gasteiger partial charge in [0.25, 0.3) is 10.1 Å². The molecule has 1 saturated heterocycles. The van der Waals surface area contributed by atoms with Gasteiger partial charge in [0.15, 0.2) is 12.4 Å². The maximum atomic E-state index is 12.8. The number of ether oxygens (including phenoxy) is 4. The lowest BCUT2D eigenvalue weighted by Gasteiger charge is -2.40. The van der Waals surface area contributed by atoms with Crippen molar-refractivity contribution in [3.8, 4) is 0 Å². The van der Waals surface area contributed by atoms with Crippen LogP contribution in [-0.4, -0.2) is 96.0 Å². The number of aliphatic hydroxyl groups is 3. The minimum Gasteiger partial charge on any atom is -0.462 e. The molecule has 1 aliphatic rings. The fraction of sp³-hybridized carbons (Fsp3) is 0.760. The third kappa shape index (κ3) is 34.4. The van der Waals surface area contributed by atoms with Crippen LogP contribution in [0.5, 0.6) is 0 Å². The van der Waals surface area contributed by atoms with Crippen molar-refractivity contribution in [1.82, 2.24) is 0 Å². The summed E-state index contributed by atoms with van der Waals surface area (Å²) in [5.74, 6) is -2.08. The molecule has 1 heterocycles. The number of carbonyl (C=O) groups excluding carboxylic acids is 2. The molecule has 0 radical (unpaired) electrons. The first kappa shape index (κ1) is 58.4. The second-order valence-corrected chi connectivity index (χ2v) is 18.4. The van der Waals surface area contributed by atoms with Gasteiger partial charge < -0.3 is 34.3 Å². The highest BCUT2D eigenvalue weighted by Gasteiger charge is 2.46. The van der Waals surface area contributed by atoms with Crippen LogP contribution in [-0.2, 0) is 38.7 Å². The van der Waals surface area contributed by atoms with Crippen molar-refractivity contribution < 1.29 is 56.8 Å². The molecule has 364 valence electrons. The van der Waals surface area contributed by atoms with Gasteiger partial charge in [0, 0.05) is 12.8 Å². The number of esters is 2. The van der Waals surface area contributed by atoms with Crippen molar-refractivity contribution in [2.45, 2.75) is 224 Å². The average molecular weight is 911 g/mol. The molecule has 1 fully saturated rings. The molecule has 0 amide bonds. The Morgan fingerprint density at radius 1 is 0.556 bits per heavy atom. The third-order valence-corrected chi connectivity index (χ3v) is 11.7. The van der Waals surface area contributed by atoms with Crippen LogP contribution in [0.1, 0.15) is 187 Å². The van der Waals surface area contributed by atoms with Crippen LogP contribution in [0.4, 0.5) is 0 Å². The van der Waals surface area contributed by atoms with Crippen LogP contribution in [0.15, 0.2) is 60.8 Å². The zero-order valence-electron chi connectivity index (χ0n) is 38.9. The van der Waals surface area contributed by atoms with E-state index in [1.807, 2.05) is 54.7 Å². The van der Waals surface area contributed by atoms with Crippen molar-refractivity contribution >= 4 is 22.1 Å². The Balaban J connectivity index is 2.38. The molecule has 4 N–H and O–H groups in total. The molecule has 0 aromatic carbocycles. The zero-order chi connectivity index (χ0) is 46.2. The van der Waals surface area contributed by atoms with Crippen molar-refractivity contribution in [3.05, 3.63) is 60.8 Å². The molecule has 0 aromatic heterocycles. The Labute approximate surface area is 381 Å². The first-order chi connectivity index (χ1) is 30.5. The number of rotatable bonds is 40. The maximum absolute atomic E-state index is 12.8. The molecule has 13 heteroatoms. The van der Waals surface area contributed by atoms with E-state index < -0.39 is 71.2 Å². The van der Waals surface area contributed by atoms with Crippen molar-refractivity contribution in [1.29, 1.82) is 0 Å². The highest BCUT2D eigenvalue weighted by molar-refractivity contribution is 7.85. The predicted octanol–water partition coefficient (Wildman–Crippen LogP) is 10.5. The second-order valence-electron chi connectivity index (χ2n) is 16.9. The van der Waals surface area contributed by atoms with E-state index in [-0.39, 0.29) is 19.4 Å². The Morgan fingerprint density at radius 2 is 1.00 bits per heavy atom. The van der Waals surface area contributed by atoms with Crippen molar-refractivity contribution in [2.24, 2.45) is 0 Å². The van der Waals surface area contributed by atoms with E-state index in [1.165, 1.54) is 116 Å². The van der Waals surface area contributed by atoms with Gasteiger partial charge in [-0.05, 0) is 25.7 Å². The van der Waals surface area contributed by atoms with Gasteiger partial charge in [0.1, 0.15) is 36.8 Å². The number of carbonyl (C=O) groups is 2. The topological polar surface area (TPSA) is 186 Å². The summed E-state index contributed by atoms with van der Waals surface area (Å²) in [4.78, 5) is 25.4. The van der Waals surface area contributed by atoms with Gasteiger partial charge in [0.05, 0.1) is 6.61 Å². The Hall–Kier alpha value is -2.65. The summed E-state index contributed by atoms with van der Waals surface area (Å²) in [7, 11) is -4.61. The van der Waals surface area contributed by atoms with Gasteiger partial charge in [-0.25, -0.2) is 0 Å². The van der Waals surface area contributed by atoms with E-state index in [1.54, 1.807) is 0 Å². The average Bonchev–Trinajstić information content (AvgIpc) is 3.25. The first-order valence-corrected chi connectivity index (χ1v) is 26.0.